The number of nitrogens with zero attached hydrogens (tertiary/aromatic N) is 2. The van der Waals surface area contributed by atoms with Crippen molar-refractivity contribution in [2.45, 2.75) is 45.1 Å². The molecule has 1 N–H and O–H groups in total. The molecule has 5 nitrogen and oxygen atoms in total. The molecule has 2 aliphatic rings. The second-order valence-corrected chi connectivity index (χ2v) is 6.51. The Morgan fingerprint density at radius 1 is 1.35 bits per heavy atom. The van der Waals surface area contributed by atoms with Crippen molar-refractivity contribution >= 4 is 11.8 Å². The highest BCUT2D eigenvalue weighted by Crippen LogP contribution is 2.22. The molecule has 2 amide bonds. The molecule has 0 aromatic rings. The molecule has 0 spiro atoms. The Balaban J connectivity index is 2.05. The summed E-state index contributed by atoms with van der Waals surface area (Å²) >= 11 is 0. The van der Waals surface area contributed by atoms with E-state index in [-0.39, 0.29) is 11.8 Å². The highest BCUT2D eigenvalue weighted by atomic mass is 16.2. The Hall–Kier alpha value is -1.10. The molecule has 2 fully saturated rings. The number of piperidine rings is 1. The van der Waals surface area contributed by atoms with Crippen molar-refractivity contribution in [2.75, 3.05) is 33.2 Å². The van der Waals surface area contributed by atoms with Gasteiger partial charge in [0.05, 0.1) is 0 Å². The lowest BCUT2D eigenvalue weighted by molar-refractivity contribution is -0.139. The van der Waals surface area contributed by atoms with E-state index in [4.69, 9.17) is 0 Å². The highest BCUT2D eigenvalue weighted by Gasteiger charge is 2.39. The fourth-order valence-corrected chi connectivity index (χ4v) is 3.26. The van der Waals surface area contributed by atoms with Gasteiger partial charge in [0.2, 0.25) is 11.8 Å². The lowest BCUT2D eigenvalue weighted by atomic mass is 9.94. The molecule has 0 aromatic carbocycles. The number of rotatable bonds is 3. The fourth-order valence-electron chi connectivity index (χ4n) is 3.26. The molecule has 2 unspecified atom stereocenters. The topological polar surface area (TPSA) is 52.7 Å². The molecular formula is C15H27N3O2. The summed E-state index contributed by atoms with van der Waals surface area (Å²) < 4.78 is 0. The molecule has 0 radical (unpaired) electrons. The first kappa shape index (κ1) is 15.3. The predicted molar refractivity (Wildman–Crippen MR) is 78.3 cm³/mol. The summed E-state index contributed by atoms with van der Waals surface area (Å²) in [6.07, 6.45) is 3.44. The zero-order valence-corrected chi connectivity index (χ0v) is 12.9. The van der Waals surface area contributed by atoms with Gasteiger partial charge in [-0.25, -0.2) is 0 Å². The first-order valence-electron chi connectivity index (χ1n) is 7.73. The van der Waals surface area contributed by atoms with Gasteiger partial charge in [0.1, 0.15) is 5.54 Å². The quantitative estimate of drug-likeness (QED) is 0.834. The van der Waals surface area contributed by atoms with Crippen molar-refractivity contribution in [2.24, 2.45) is 5.92 Å². The van der Waals surface area contributed by atoms with Crippen LogP contribution in [0.4, 0.5) is 0 Å². The SMILES string of the molecule is CCC1(C)NC(=O)CCN(CC2CCCN(C)C2)C1=O. The van der Waals surface area contributed by atoms with Gasteiger partial charge in [0, 0.05) is 26.1 Å². The van der Waals surface area contributed by atoms with Crippen LogP contribution >= 0.6 is 0 Å². The molecule has 0 aromatic heterocycles. The standard InChI is InChI=1S/C15H27N3O2/c1-4-15(2)14(20)18(9-7-13(19)16-15)11-12-6-5-8-17(3)10-12/h12H,4-11H2,1-3H3,(H,16,19). The van der Waals surface area contributed by atoms with E-state index in [9.17, 15) is 9.59 Å². The van der Waals surface area contributed by atoms with Gasteiger partial charge in [0.25, 0.3) is 0 Å². The average Bonchev–Trinajstić information content (AvgIpc) is 2.51. The first-order chi connectivity index (χ1) is 9.44. The summed E-state index contributed by atoms with van der Waals surface area (Å²) in [5.41, 5.74) is -0.728. The first-order valence-corrected chi connectivity index (χ1v) is 7.73. The van der Waals surface area contributed by atoms with Gasteiger partial charge in [0.15, 0.2) is 0 Å². The van der Waals surface area contributed by atoms with Crippen LogP contribution in [-0.2, 0) is 9.59 Å². The maximum Gasteiger partial charge on any atom is 0.248 e. The number of hydrogen-bond acceptors (Lipinski definition) is 3. The fraction of sp³-hybridized carbons (Fsp3) is 0.867. The molecule has 0 bridgehead atoms. The van der Waals surface area contributed by atoms with Crippen LogP contribution in [0.3, 0.4) is 0 Å². The molecule has 2 saturated heterocycles. The molecule has 2 aliphatic heterocycles. The van der Waals surface area contributed by atoms with Gasteiger partial charge >= 0.3 is 0 Å². The molecule has 2 atom stereocenters. The van der Waals surface area contributed by atoms with Crippen LogP contribution in [0.5, 0.6) is 0 Å². The summed E-state index contributed by atoms with van der Waals surface area (Å²) in [5.74, 6) is 0.608. The Labute approximate surface area is 121 Å². The highest BCUT2D eigenvalue weighted by molar-refractivity contribution is 5.93. The third-order valence-electron chi connectivity index (χ3n) is 4.69. The summed E-state index contributed by atoms with van der Waals surface area (Å²) in [6.45, 7) is 7.34. The Morgan fingerprint density at radius 3 is 2.75 bits per heavy atom. The predicted octanol–water partition coefficient (Wildman–Crippen LogP) is 0.845. The maximum absolute atomic E-state index is 12.7. The van der Waals surface area contributed by atoms with Crippen LogP contribution in [0, 0.1) is 5.92 Å². The minimum Gasteiger partial charge on any atom is -0.342 e. The van der Waals surface area contributed by atoms with Crippen LogP contribution in [-0.4, -0.2) is 60.4 Å². The van der Waals surface area contributed by atoms with E-state index < -0.39 is 5.54 Å². The Bertz CT molecular complexity index is 385. The molecule has 0 aliphatic carbocycles. The van der Waals surface area contributed by atoms with Gasteiger partial charge in [-0.3, -0.25) is 9.59 Å². The zero-order chi connectivity index (χ0) is 14.8. The third kappa shape index (κ3) is 3.32. The van der Waals surface area contributed by atoms with Gasteiger partial charge in [-0.2, -0.15) is 0 Å². The van der Waals surface area contributed by atoms with Crippen molar-refractivity contribution in [1.82, 2.24) is 15.1 Å². The number of amides is 2. The lowest BCUT2D eigenvalue weighted by Crippen LogP contribution is -2.55. The van der Waals surface area contributed by atoms with Crippen molar-refractivity contribution in [1.29, 1.82) is 0 Å². The molecule has 114 valence electrons. The van der Waals surface area contributed by atoms with E-state index in [1.54, 1.807) is 0 Å². The summed E-state index contributed by atoms with van der Waals surface area (Å²) in [4.78, 5) is 28.7. The van der Waals surface area contributed by atoms with Crippen LogP contribution in [0.15, 0.2) is 0 Å². The second kappa shape index (κ2) is 6.12. The molecule has 0 saturated carbocycles. The van der Waals surface area contributed by atoms with Crippen molar-refractivity contribution in [3.63, 3.8) is 0 Å². The number of likely N-dealkylation sites (tertiary alicyclic amines) is 1. The summed E-state index contributed by atoms with van der Waals surface area (Å²) in [7, 11) is 2.14. The zero-order valence-electron chi connectivity index (χ0n) is 12.9. The van der Waals surface area contributed by atoms with E-state index in [2.05, 4.69) is 17.3 Å². The van der Waals surface area contributed by atoms with E-state index in [1.807, 2.05) is 18.7 Å². The molecular weight excluding hydrogens is 254 g/mol. The molecule has 2 rings (SSSR count). The largest absolute Gasteiger partial charge is 0.342 e. The third-order valence-corrected chi connectivity index (χ3v) is 4.69. The van der Waals surface area contributed by atoms with Gasteiger partial charge < -0.3 is 15.1 Å². The van der Waals surface area contributed by atoms with Crippen LogP contribution < -0.4 is 5.32 Å². The average molecular weight is 281 g/mol. The van der Waals surface area contributed by atoms with Crippen LogP contribution in [0.2, 0.25) is 0 Å². The number of carbonyl (C=O) groups is 2. The van der Waals surface area contributed by atoms with Gasteiger partial charge in [-0.15, -0.1) is 0 Å². The van der Waals surface area contributed by atoms with E-state index in [0.29, 0.717) is 25.3 Å². The van der Waals surface area contributed by atoms with Crippen molar-refractivity contribution < 1.29 is 9.59 Å². The molecule has 5 heteroatoms. The van der Waals surface area contributed by atoms with Crippen LogP contribution in [0.1, 0.15) is 39.5 Å². The minimum absolute atomic E-state index is 0.00837. The number of nitrogens with one attached hydrogen (secondary N) is 1. The monoisotopic (exact) mass is 281 g/mol. The van der Waals surface area contributed by atoms with Crippen molar-refractivity contribution in [3.05, 3.63) is 0 Å². The van der Waals surface area contributed by atoms with Gasteiger partial charge in [-0.1, -0.05) is 6.92 Å². The number of hydrogen-bond donors (Lipinski definition) is 1. The number of carbonyl (C=O) groups excluding carboxylic acids is 2. The van der Waals surface area contributed by atoms with Crippen LogP contribution in [0.25, 0.3) is 0 Å². The Morgan fingerprint density at radius 2 is 2.10 bits per heavy atom. The smallest absolute Gasteiger partial charge is 0.248 e. The van der Waals surface area contributed by atoms with E-state index >= 15 is 0 Å². The van der Waals surface area contributed by atoms with E-state index in [1.165, 1.54) is 12.8 Å². The maximum atomic E-state index is 12.7. The second-order valence-electron chi connectivity index (χ2n) is 6.51. The summed E-state index contributed by atoms with van der Waals surface area (Å²) in [5, 5.41) is 2.89. The molecule has 20 heavy (non-hydrogen) atoms. The summed E-state index contributed by atoms with van der Waals surface area (Å²) in [6, 6.07) is 0. The normalized spacial score (nSPS) is 33.0. The molecule has 2 heterocycles. The minimum atomic E-state index is -0.728. The Kier molecular flexibility index (Phi) is 4.68. The van der Waals surface area contributed by atoms with Gasteiger partial charge in [-0.05, 0) is 45.7 Å². The lowest BCUT2D eigenvalue weighted by Gasteiger charge is -2.36. The van der Waals surface area contributed by atoms with Crippen molar-refractivity contribution in [3.8, 4) is 0 Å². The van der Waals surface area contributed by atoms with E-state index in [0.717, 1.165) is 19.6 Å².